The average molecular weight is 474 g/mol. The van der Waals surface area contributed by atoms with Crippen molar-refractivity contribution in [3.05, 3.63) is 125 Å². The molecule has 36 heavy (non-hydrogen) atoms. The molecule has 0 aliphatic carbocycles. The van der Waals surface area contributed by atoms with Crippen LogP contribution >= 0.6 is 0 Å². The smallest absolute Gasteiger partial charge is 0.271 e. The van der Waals surface area contributed by atoms with Gasteiger partial charge >= 0.3 is 0 Å². The number of amides is 1. The number of aromatic nitrogens is 3. The fraction of sp³-hybridized carbons (Fsp3) is 0.100. The van der Waals surface area contributed by atoms with E-state index in [1.54, 1.807) is 6.21 Å². The Morgan fingerprint density at radius 2 is 1.47 bits per heavy atom. The third kappa shape index (κ3) is 4.74. The number of aryl methyl sites for hydroxylation is 3. The predicted molar refractivity (Wildman–Crippen MR) is 144 cm³/mol. The second kappa shape index (κ2) is 9.88. The molecule has 5 aromatic rings. The van der Waals surface area contributed by atoms with Gasteiger partial charge in [0, 0.05) is 40.0 Å². The molecule has 0 unspecified atom stereocenters. The number of hydrogen-bond acceptors (Lipinski definition) is 3. The number of hydrogen-bond donors (Lipinski definition) is 1. The Morgan fingerprint density at radius 1 is 0.806 bits per heavy atom. The molecule has 0 saturated heterocycles. The molecule has 2 aromatic heterocycles. The number of carbonyl (C=O) groups excluding carboxylic acids is 1. The zero-order valence-electron chi connectivity index (χ0n) is 20.5. The first-order valence-electron chi connectivity index (χ1n) is 11.8. The van der Waals surface area contributed by atoms with Crippen LogP contribution in [0.25, 0.3) is 22.6 Å². The number of para-hydroxylation sites is 1. The third-order valence-corrected chi connectivity index (χ3v) is 6.12. The monoisotopic (exact) mass is 473 g/mol. The predicted octanol–water partition coefficient (Wildman–Crippen LogP) is 6.02. The normalized spacial score (nSPS) is 11.2. The molecule has 0 saturated carbocycles. The number of hydrazone groups is 1. The van der Waals surface area contributed by atoms with Gasteiger partial charge in [-0.05, 0) is 69.3 Å². The summed E-state index contributed by atoms with van der Waals surface area (Å²) >= 11 is 0. The van der Waals surface area contributed by atoms with Crippen molar-refractivity contribution < 1.29 is 4.79 Å². The second-order valence-corrected chi connectivity index (χ2v) is 8.78. The van der Waals surface area contributed by atoms with Crippen molar-refractivity contribution in [3.63, 3.8) is 0 Å². The van der Waals surface area contributed by atoms with Crippen LogP contribution in [-0.4, -0.2) is 26.5 Å². The van der Waals surface area contributed by atoms with Crippen molar-refractivity contribution in [3.8, 4) is 22.6 Å². The quantitative estimate of drug-likeness (QED) is 0.242. The molecule has 0 fully saturated rings. The minimum Gasteiger partial charge on any atom is -0.319 e. The van der Waals surface area contributed by atoms with Gasteiger partial charge in [-0.3, -0.25) is 4.79 Å². The van der Waals surface area contributed by atoms with Crippen LogP contribution in [0.3, 0.4) is 0 Å². The van der Waals surface area contributed by atoms with E-state index >= 15 is 0 Å². The molecule has 0 spiro atoms. The van der Waals surface area contributed by atoms with Crippen LogP contribution in [0.4, 0.5) is 0 Å². The Morgan fingerprint density at radius 3 is 2.14 bits per heavy atom. The van der Waals surface area contributed by atoms with E-state index in [1.807, 2.05) is 77.6 Å². The van der Waals surface area contributed by atoms with Gasteiger partial charge in [0.2, 0.25) is 0 Å². The lowest BCUT2D eigenvalue weighted by Gasteiger charge is -2.10. The number of carbonyl (C=O) groups is 1. The lowest BCUT2D eigenvalue weighted by Crippen LogP contribution is -2.17. The Kier molecular flexibility index (Phi) is 6.33. The highest BCUT2D eigenvalue weighted by Crippen LogP contribution is 2.23. The van der Waals surface area contributed by atoms with Gasteiger partial charge in [-0.2, -0.15) is 10.2 Å². The van der Waals surface area contributed by atoms with Gasteiger partial charge in [0.15, 0.2) is 0 Å². The van der Waals surface area contributed by atoms with Crippen LogP contribution in [0, 0.1) is 20.8 Å². The zero-order chi connectivity index (χ0) is 25.1. The van der Waals surface area contributed by atoms with E-state index in [0.717, 1.165) is 39.6 Å². The highest BCUT2D eigenvalue weighted by atomic mass is 16.2. The van der Waals surface area contributed by atoms with Crippen molar-refractivity contribution in [1.82, 2.24) is 19.8 Å². The minimum absolute atomic E-state index is 0.272. The molecular formula is C30H27N5O. The van der Waals surface area contributed by atoms with Crippen LogP contribution in [-0.2, 0) is 0 Å². The lowest BCUT2D eigenvalue weighted by atomic mass is 10.1. The summed E-state index contributed by atoms with van der Waals surface area (Å²) in [5.41, 5.74) is 11.2. The molecule has 178 valence electrons. The molecule has 1 amide bonds. The van der Waals surface area contributed by atoms with Gasteiger partial charge in [-0.15, -0.1) is 0 Å². The van der Waals surface area contributed by atoms with E-state index in [-0.39, 0.29) is 5.91 Å². The molecule has 0 aliphatic rings. The Bertz CT molecular complexity index is 1510. The zero-order valence-corrected chi connectivity index (χ0v) is 20.5. The number of benzene rings is 3. The molecule has 0 atom stereocenters. The Labute approximate surface area is 210 Å². The lowest BCUT2D eigenvalue weighted by molar-refractivity contribution is 0.0955. The van der Waals surface area contributed by atoms with Crippen LogP contribution < -0.4 is 5.43 Å². The first-order chi connectivity index (χ1) is 17.5. The minimum atomic E-state index is -0.272. The standard InChI is InChI=1S/C30H27N5O/c1-21-9-13-24(14-10-21)29-26(20-34(33-29)27-7-5-4-6-8-27)19-31-32-30(36)25-15-17-28(18-16-25)35-22(2)11-12-23(35)3/h4-20H,1-3H3,(H,32,36). The van der Waals surface area contributed by atoms with E-state index in [9.17, 15) is 4.79 Å². The van der Waals surface area contributed by atoms with Gasteiger partial charge in [-0.25, -0.2) is 10.1 Å². The molecule has 0 aliphatic heterocycles. The highest BCUT2D eigenvalue weighted by molar-refractivity contribution is 5.95. The van der Waals surface area contributed by atoms with Crippen LogP contribution in [0.5, 0.6) is 0 Å². The summed E-state index contributed by atoms with van der Waals surface area (Å²) in [6.45, 7) is 6.18. The Balaban J connectivity index is 1.37. The molecule has 2 heterocycles. The Hall–Kier alpha value is -4.71. The van der Waals surface area contributed by atoms with Crippen molar-refractivity contribution in [2.75, 3.05) is 0 Å². The summed E-state index contributed by atoms with van der Waals surface area (Å²) in [6.07, 6.45) is 3.55. The summed E-state index contributed by atoms with van der Waals surface area (Å²) in [4.78, 5) is 12.7. The van der Waals surface area contributed by atoms with E-state index in [2.05, 4.69) is 60.1 Å². The topological polar surface area (TPSA) is 64.2 Å². The summed E-state index contributed by atoms with van der Waals surface area (Å²) in [5, 5.41) is 9.04. The largest absolute Gasteiger partial charge is 0.319 e. The number of nitrogens with one attached hydrogen (secondary N) is 1. The maximum absolute atomic E-state index is 12.7. The van der Waals surface area contributed by atoms with Crippen molar-refractivity contribution in [2.24, 2.45) is 5.10 Å². The maximum Gasteiger partial charge on any atom is 0.271 e. The van der Waals surface area contributed by atoms with Gasteiger partial charge in [0.1, 0.15) is 5.69 Å². The van der Waals surface area contributed by atoms with Gasteiger partial charge in [0.05, 0.1) is 11.9 Å². The van der Waals surface area contributed by atoms with Crippen molar-refractivity contribution in [2.45, 2.75) is 20.8 Å². The summed E-state index contributed by atoms with van der Waals surface area (Å²) in [7, 11) is 0. The van der Waals surface area contributed by atoms with Crippen molar-refractivity contribution in [1.29, 1.82) is 0 Å². The van der Waals surface area contributed by atoms with Crippen LogP contribution in [0.2, 0.25) is 0 Å². The molecule has 0 bridgehead atoms. The molecule has 1 N–H and O–H groups in total. The van der Waals surface area contributed by atoms with Crippen LogP contribution in [0.15, 0.2) is 102 Å². The van der Waals surface area contributed by atoms with Crippen molar-refractivity contribution >= 4 is 12.1 Å². The molecule has 0 radical (unpaired) electrons. The SMILES string of the molecule is Cc1ccc(-c2nn(-c3ccccc3)cc2C=NNC(=O)c2ccc(-n3c(C)ccc3C)cc2)cc1. The first kappa shape index (κ1) is 23.1. The number of nitrogens with zero attached hydrogens (tertiary/aromatic N) is 4. The maximum atomic E-state index is 12.7. The first-order valence-corrected chi connectivity index (χ1v) is 11.8. The van der Waals surface area contributed by atoms with E-state index in [4.69, 9.17) is 5.10 Å². The van der Waals surface area contributed by atoms with Gasteiger partial charge in [-0.1, -0.05) is 48.0 Å². The van der Waals surface area contributed by atoms with E-state index < -0.39 is 0 Å². The molecule has 3 aromatic carbocycles. The summed E-state index contributed by atoms with van der Waals surface area (Å²) in [6, 6.07) is 29.8. The fourth-order valence-electron chi connectivity index (χ4n) is 4.19. The second-order valence-electron chi connectivity index (χ2n) is 8.78. The van der Waals surface area contributed by atoms with E-state index in [1.165, 1.54) is 5.56 Å². The third-order valence-electron chi connectivity index (χ3n) is 6.12. The van der Waals surface area contributed by atoms with Gasteiger partial charge in [0.25, 0.3) is 5.91 Å². The van der Waals surface area contributed by atoms with E-state index in [0.29, 0.717) is 5.56 Å². The fourth-order valence-corrected chi connectivity index (χ4v) is 4.19. The molecular weight excluding hydrogens is 446 g/mol. The average Bonchev–Trinajstić information content (AvgIpc) is 3.48. The number of rotatable bonds is 6. The molecule has 6 nitrogen and oxygen atoms in total. The summed E-state index contributed by atoms with van der Waals surface area (Å²) in [5.74, 6) is -0.272. The molecule has 5 rings (SSSR count). The molecule has 6 heteroatoms. The highest BCUT2D eigenvalue weighted by Gasteiger charge is 2.12. The summed E-state index contributed by atoms with van der Waals surface area (Å²) < 4.78 is 3.97. The van der Waals surface area contributed by atoms with Gasteiger partial charge < -0.3 is 4.57 Å². The van der Waals surface area contributed by atoms with Crippen LogP contribution in [0.1, 0.15) is 32.9 Å².